The summed E-state index contributed by atoms with van der Waals surface area (Å²) in [4.78, 5) is 26.3. The van der Waals surface area contributed by atoms with Crippen LogP contribution in [0.5, 0.6) is 0 Å². The minimum Gasteiger partial charge on any atom is -0.306 e. The summed E-state index contributed by atoms with van der Waals surface area (Å²) in [5.41, 5.74) is 0.756. The predicted molar refractivity (Wildman–Crippen MR) is 82.7 cm³/mol. The summed E-state index contributed by atoms with van der Waals surface area (Å²) in [6.07, 6.45) is 1.56. The van der Waals surface area contributed by atoms with E-state index in [0.717, 1.165) is 10.0 Å². The molecule has 0 saturated heterocycles. The minimum absolute atomic E-state index is 0.0897. The summed E-state index contributed by atoms with van der Waals surface area (Å²) in [5.74, 6) is -0.0256. The average Bonchev–Trinajstić information content (AvgIpc) is 2.41. The standard InChI is InChI=1S/C13H9BrClN3O3/c1-7-4-9(14)6-16-12(7)17-13(19)8-2-3-11(18(20)21)10(15)5-8/h2-6H,1H3,(H,16,17,19). The van der Waals surface area contributed by atoms with E-state index in [2.05, 4.69) is 26.2 Å². The zero-order chi connectivity index (χ0) is 15.6. The van der Waals surface area contributed by atoms with Crippen LogP contribution in [-0.2, 0) is 0 Å². The fourth-order valence-corrected chi connectivity index (χ4v) is 2.34. The number of pyridine rings is 1. The van der Waals surface area contributed by atoms with Crippen molar-refractivity contribution in [3.63, 3.8) is 0 Å². The number of hydrogen-bond donors (Lipinski definition) is 1. The molecule has 0 spiro atoms. The molecule has 0 atom stereocenters. The normalized spacial score (nSPS) is 10.2. The van der Waals surface area contributed by atoms with E-state index in [9.17, 15) is 14.9 Å². The number of rotatable bonds is 3. The Hall–Kier alpha value is -1.99. The lowest BCUT2D eigenvalue weighted by Crippen LogP contribution is -2.14. The Morgan fingerprint density at radius 3 is 2.71 bits per heavy atom. The van der Waals surface area contributed by atoms with Crippen LogP contribution in [0.2, 0.25) is 5.02 Å². The number of carbonyl (C=O) groups excluding carboxylic acids is 1. The van der Waals surface area contributed by atoms with Crippen LogP contribution in [0.3, 0.4) is 0 Å². The van der Waals surface area contributed by atoms with Crippen molar-refractivity contribution >= 4 is 44.9 Å². The number of aryl methyl sites for hydroxylation is 1. The van der Waals surface area contributed by atoms with Gasteiger partial charge in [-0.15, -0.1) is 0 Å². The van der Waals surface area contributed by atoms with Crippen molar-refractivity contribution in [1.29, 1.82) is 0 Å². The number of nitro groups is 1. The lowest BCUT2D eigenvalue weighted by atomic mass is 10.2. The Labute approximate surface area is 133 Å². The first-order valence-corrected chi connectivity index (χ1v) is 6.93. The molecule has 0 aliphatic carbocycles. The summed E-state index contributed by atoms with van der Waals surface area (Å²) in [5, 5.41) is 13.2. The number of aromatic nitrogens is 1. The van der Waals surface area contributed by atoms with E-state index in [1.807, 2.05) is 6.07 Å². The van der Waals surface area contributed by atoms with Crippen molar-refractivity contribution in [3.05, 3.63) is 61.2 Å². The summed E-state index contributed by atoms with van der Waals surface area (Å²) < 4.78 is 0.802. The Morgan fingerprint density at radius 2 is 2.14 bits per heavy atom. The van der Waals surface area contributed by atoms with Gasteiger partial charge in [0, 0.05) is 22.3 Å². The van der Waals surface area contributed by atoms with Crippen LogP contribution in [0.1, 0.15) is 15.9 Å². The van der Waals surface area contributed by atoms with Crippen LogP contribution >= 0.6 is 27.5 Å². The van der Waals surface area contributed by atoms with Gasteiger partial charge in [-0.05, 0) is 46.6 Å². The van der Waals surface area contributed by atoms with Gasteiger partial charge >= 0.3 is 0 Å². The molecule has 0 saturated carbocycles. The second-order valence-corrected chi connectivity index (χ2v) is 5.52. The van der Waals surface area contributed by atoms with Crippen molar-refractivity contribution in [2.24, 2.45) is 0 Å². The molecule has 1 amide bonds. The predicted octanol–water partition coefficient (Wildman–Crippen LogP) is 3.97. The molecule has 0 aliphatic heterocycles. The van der Waals surface area contributed by atoms with Crippen LogP contribution in [0.4, 0.5) is 11.5 Å². The third-order valence-corrected chi connectivity index (χ3v) is 3.42. The fourth-order valence-electron chi connectivity index (χ4n) is 1.65. The van der Waals surface area contributed by atoms with Gasteiger partial charge in [-0.1, -0.05) is 11.6 Å². The Morgan fingerprint density at radius 1 is 1.43 bits per heavy atom. The fraction of sp³-hybridized carbons (Fsp3) is 0.0769. The smallest absolute Gasteiger partial charge is 0.287 e. The third kappa shape index (κ3) is 3.56. The van der Waals surface area contributed by atoms with Gasteiger partial charge in [0.15, 0.2) is 0 Å². The van der Waals surface area contributed by atoms with Gasteiger partial charge in [-0.25, -0.2) is 4.98 Å². The maximum Gasteiger partial charge on any atom is 0.287 e. The largest absolute Gasteiger partial charge is 0.306 e. The second kappa shape index (κ2) is 6.19. The van der Waals surface area contributed by atoms with Crippen molar-refractivity contribution in [2.75, 3.05) is 5.32 Å². The van der Waals surface area contributed by atoms with Gasteiger partial charge in [-0.2, -0.15) is 0 Å². The van der Waals surface area contributed by atoms with Gasteiger partial charge < -0.3 is 5.32 Å². The van der Waals surface area contributed by atoms with Crippen LogP contribution < -0.4 is 5.32 Å². The molecule has 108 valence electrons. The number of nitrogens with one attached hydrogen (secondary N) is 1. The highest BCUT2D eigenvalue weighted by atomic mass is 79.9. The molecule has 0 fully saturated rings. The van der Waals surface area contributed by atoms with Gasteiger partial charge in [0.2, 0.25) is 0 Å². The van der Waals surface area contributed by atoms with Gasteiger partial charge in [0.1, 0.15) is 10.8 Å². The topological polar surface area (TPSA) is 85.1 Å². The highest BCUT2D eigenvalue weighted by Gasteiger charge is 2.16. The highest BCUT2D eigenvalue weighted by molar-refractivity contribution is 9.10. The number of amides is 1. The molecule has 1 N–H and O–H groups in total. The first-order valence-electron chi connectivity index (χ1n) is 5.76. The maximum absolute atomic E-state index is 12.1. The molecule has 0 unspecified atom stereocenters. The monoisotopic (exact) mass is 369 g/mol. The van der Waals surface area contributed by atoms with E-state index >= 15 is 0 Å². The van der Waals surface area contributed by atoms with Crippen LogP contribution in [-0.4, -0.2) is 15.8 Å². The van der Waals surface area contributed by atoms with Crippen molar-refractivity contribution < 1.29 is 9.72 Å². The molecule has 2 rings (SSSR count). The lowest BCUT2D eigenvalue weighted by molar-refractivity contribution is -0.384. The molecule has 1 aromatic carbocycles. The Kier molecular flexibility index (Phi) is 4.54. The van der Waals surface area contributed by atoms with Crippen molar-refractivity contribution in [3.8, 4) is 0 Å². The molecule has 21 heavy (non-hydrogen) atoms. The zero-order valence-corrected chi connectivity index (χ0v) is 13.1. The van der Waals surface area contributed by atoms with E-state index in [4.69, 9.17) is 11.6 Å². The molecule has 2 aromatic rings. The molecule has 1 aromatic heterocycles. The molecule has 1 heterocycles. The van der Waals surface area contributed by atoms with Gasteiger partial charge in [0.25, 0.3) is 11.6 Å². The van der Waals surface area contributed by atoms with Gasteiger partial charge in [0.05, 0.1) is 4.92 Å². The Bertz CT molecular complexity index is 737. The van der Waals surface area contributed by atoms with Crippen LogP contribution in [0.15, 0.2) is 34.9 Å². The van der Waals surface area contributed by atoms with E-state index in [1.165, 1.54) is 18.2 Å². The number of halogens is 2. The number of hydrogen-bond acceptors (Lipinski definition) is 4. The number of carbonyl (C=O) groups is 1. The average molecular weight is 371 g/mol. The zero-order valence-electron chi connectivity index (χ0n) is 10.8. The molecule has 0 aliphatic rings. The molecule has 0 bridgehead atoms. The number of benzene rings is 1. The molecular weight excluding hydrogens is 362 g/mol. The summed E-state index contributed by atoms with van der Waals surface area (Å²) >= 11 is 9.06. The maximum atomic E-state index is 12.1. The van der Waals surface area contributed by atoms with Crippen LogP contribution in [0.25, 0.3) is 0 Å². The van der Waals surface area contributed by atoms with E-state index in [0.29, 0.717) is 5.82 Å². The molecular formula is C13H9BrClN3O3. The first kappa shape index (κ1) is 15.4. The SMILES string of the molecule is Cc1cc(Br)cnc1NC(=O)c1ccc([N+](=O)[O-])c(Cl)c1. The number of anilines is 1. The molecule has 6 nitrogen and oxygen atoms in total. The van der Waals surface area contributed by atoms with Crippen molar-refractivity contribution in [2.45, 2.75) is 6.92 Å². The highest BCUT2D eigenvalue weighted by Crippen LogP contribution is 2.25. The Balaban J connectivity index is 2.24. The quantitative estimate of drug-likeness (QED) is 0.654. The number of nitro benzene ring substituents is 1. The summed E-state index contributed by atoms with van der Waals surface area (Å²) in [7, 11) is 0. The van der Waals surface area contributed by atoms with Gasteiger partial charge in [-0.3, -0.25) is 14.9 Å². The van der Waals surface area contributed by atoms with E-state index in [1.54, 1.807) is 13.1 Å². The first-order chi connectivity index (χ1) is 9.88. The van der Waals surface area contributed by atoms with E-state index < -0.39 is 10.8 Å². The summed E-state index contributed by atoms with van der Waals surface area (Å²) in [6.45, 7) is 1.80. The summed E-state index contributed by atoms with van der Waals surface area (Å²) in [6, 6.07) is 5.60. The lowest BCUT2D eigenvalue weighted by Gasteiger charge is -2.08. The van der Waals surface area contributed by atoms with E-state index in [-0.39, 0.29) is 16.3 Å². The molecule has 8 heteroatoms. The third-order valence-electron chi connectivity index (χ3n) is 2.68. The second-order valence-electron chi connectivity index (χ2n) is 4.20. The molecule has 0 radical (unpaired) electrons. The van der Waals surface area contributed by atoms with Crippen molar-refractivity contribution in [1.82, 2.24) is 4.98 Å². The minimum atomic E-state index is -0.607. The number of nitrogens with zero attached hydrogens (tertiary/aromatic N) is 2. The van der Waals surface area contributed by atoms with Crippen LogP contribution in [0, 0.1) is 17.0 Å².